The van der Waals surface area contributed by atoms with Crippen molar-refractivity contribution in [1.29, 1.82) is 0 Å². The first kappa shape index (κ1) is 93.1. The maximum atomic E-state index is 13.1. The topological polar surface area (TPSA) is 237 Å². The van der Waals surface area contributed by atoms with Crippen molar-refractivity contribution in [2.75, 3.05) is 39.6 Å². The first-order chi connectivity index (χ1) is 45.6. The number of aliphatic hydroxyl groups excluding tert-OH is 1. The van der Waals surface area contributed by atoms with Crippen molar-refractivity contribution in [3.05, 3.63) is 0 Å². The molecule has 5 atom stereocenters. The van der Waals surface area contributed by atoms with Crippen LogP contribution in [-0.4, -0.2) is 96.7 Å². The zero-order chi connectivity index (χ0) is 70.3. The van der Waals surface area contributed by atoms with Crippen molar-refractivity contribution in [2.24, 2.45) is 23.7 Å². The Kier molecular flexibility index (Phi) is 64.0. The van der Waals surface area contributed by atoms with Gasteiger partial charge in [0.15, 0.2) is 12.2 Å². The summed E-state index contributed by atoms with van der Waals surface area (Å²) in [5.41, 5.74) is 0. The van der Waals surface area contributed by atoms with Crippen molar-refractivity contribution in [2.45, 2.75) is 401 Å². The second-order valence-corrected chi connectivity index (χ2v) is 32.2. The van der Waals surface area contributed by atoms with Crippen molar-refractivity contribution in [3.63, 3.8) is 0 Å². The number of hydrogen-bond donors (Lipinski definition) is 3. The second kappa shape index (κ2) is 65.4. The van der Waals surface area contributed by atoms with E-state index in [0.29, 0.717) is 25.7 Å². The highest BCUT2D eigenvalue weighted by molar-refractivity contribution is 7.47. The van der Waals surface area contributed by atoms with Gasteiger partial charge in [-0.05, 0) is 49.4 Å². The number of unbranched alkanes of at least 4 members (excludes halogenated alkanes) is 39. The van der Waals surface area contributed by atoms with E-state index in [9.17, 15) is 43.2 Å². The van der Waals surface area contributed by atoms with Crippen molar-refractivity contribution in [1.82, 2.24) is 0 Å². The zero-order valence-corrected chi connectivity index (χ0v) is 64.1. The fourth-order valence-corrected chi connectivity index (χ4v) is 13.1. The third kappa shape index (κ3) is 70.3. The van der Waals surface area contributed by atoms with Gasteiger partial charge in [0.25, 0.3) is 0 Å². The molecule has 0 aromatic carbocycles. The number of hydrogen-bond acceptors (Lipinski definition) is 15. The summed E-state index contributed by atoms with van der Waals surface area (Å²) in [5.74, 6) is 0.909. The first-order valence-electron chi connectivity index (χ1n) is 39.2. The molecule has 0 saturated carbocycles. The molecule has 0 amide bonds. The van der Waals surface area contributed by atoms with E-state index in [1.54, 1.807) is 0 Å². The Bertz CT molecular complexity index is 1870. The molecule has 0 aliphatic carbocycles. The number of aliphatic hydroxyl groups is 1. The van der Waals surface area contributed by atoms with Crippen LogP contribution in [0.25, 0.3) is 0 Å². The number of ether oxygens (including phenoxy) is 4. The van der Waals surface area contributed by atoms with E-state index in [1.807, 2.05) is 0 Å². The molecule has 0 aliphatic rings. The molecule has 95 heavy (non-hydrogen) atoms. The normalized spacial score (nSPS) is 14.1. The molecule has 0 heterocycles. The fourth-order valence-electron chi connectivity index (χ4n) is 11.6. The summed E-state index contributed by atoms with van der Waals surface area (Å²) in [6.07, 6.45) is 50.0. The van der Waals surface area contributed by atoms with Gasteiger partial charge in [0, 0.05) is 25.7 Å². The van der Waals surface area contributed by atoms with Gasteiger partial charge in [-0.1, -0.05) is 331 Å². The number of rotatable bonds is 73. The van der Waals surface area contributed by atoms with Crippen molar-refractivity contribution in [3.8, 4) is 0 Å². The van der Waals surface area contributed by atoms with Gasteiger partial charge in [-0.15, -0.1) is 0 Å². The Labute approximate surface area is 581 Å². The summed E-state index contributed by atoms with van der Waals surface area (Å²) in [7, 11) is -9.91. The highest BCUT2D eigenvalue weighted by Gasteiger charge is 2.30. The molecule has 0 saturated heterocycles. The molecule has 0 rings (SSSR count). The van der Waals surface area contributed by atoms with E-state index in [1.165, 1.54) is 186 Å². The first-order valence-corrected chi connectivity index (χ1v) is 42.2. The average Bonchev–Trinajstić information content (AvgIpc) is 1.31. The smallest absolute Gasteiger partial charge is 0.462 e. The molecular weight excluding hydrogens is 1250 g/mol. The van der Waals surface area contributed by atoms with Crippen LogP contribution >= 0.6 is 15.6 Å². The van der Waals surface area contributed by atoms with Gasteiger partial charge in [0.2, 0.25) is 0 Å². The molecule has 0 aliphatic heterocycles. The van der Waals surface area contributed by atoms with Gasteiger partial charge in [-0.2, -0.15) is 0 Å². The van der Waals surface area contributed by atoms with Gasteiger partial charge in [-0.25, -0.2) is 9.13 Å². The molecule has 17 nitrogen and oxygen atoms in total. The highest BCUT2D eigenvalue weighted by Crippen LogP contribution is 2.45. The van der Waals surface area contributed by atoms with Gasteiger partial charge < -0.3 is 33.8 Å². The molecule has 0 aromatic heterocycles. The predicted octanol–water partition coefficient (Wildman–Crippen LogP) is 22.0. The van der Waals surface area contributed by atoms with E-state index in [2.05, 4.69) is 55.4 Å². The molecule has 0 radical (unpaired) electrons. The van der Waals surface area contributed by atoms with Crippen LogP contribution in [0.1, 0.15) is 383 Å². The van der Waals surface area contributed by atoms with Crippen LogP contribution in [0.2, 0.25) is 0 Å². The van der Waals surface area contributed by atoms with Gasteiger partial charge in [0.1, 0.15) is 19.3 Å². The average molecular weight is 1400 g/mol. The lowest BCUT2D eigenvalue weighted by atomic mass is 10.0. The Morgan fingerprint density at radius 2 is 0.442 bits per heavy atom. The summed E-state index contributed by atoms with van der Waals surface area (Å²) in [5, 5.41) is 10.6. The number of phosphoric acid groups is 2. The number of carbonyl (C=O) groups is 4. The lowest BCUT2D eigenvalue weighted by molar-refractivity contribution is -0.161. The number of phosphoric ester groups is 2. The molecule has 0 bridgehead atoms. The van der Waals surface area contributed by atoms with Crippen LogP contribution in [0.15, 0.2) is 0 Å². The van der Waals surface area contributed by atoms with Crippen LogP contribution < -0.4 is 0 Å². The Morgan fingerprint density at radius 1 is 0.263 bits per heavy atom. The minimum atomic E-state index is -4.96. The van der Waals surface area contributed by atoms with Crippen molar-refractivity contribution < 1.29 is 80.2 Å². The molecule has 0 fully saturated rings. The summed E-state index contributed by atoms with van der Waals surface area (Å²) >= 11 is 0. The van der Waals surface area contributed by atoms with Crippen LogP contribution in [0.4, 0.5) is 0 Å². The molecule has 3 N–H and O–H groups in total. The fraction of sp³-hybridized carbons (Fsp3) is 0.947. The van der Waals surface area contributed by atoms with Crippen LogP contribution in [0.5, 0.6) is 0 Å². The van der Waals surface area contributed by atoms with Crippen LogP contribution in [0.3, 0.4) is 0 Å². The molecule has 19 heteroatoms. The number of esters is 4. The Morgan fingerprint density at radius 3 is 0.653 bits per heavy atom. The standard InChI is InChI=1S/C76H148O17P2/c1-66(2)52-44-36-28-20-16-12-9-10-14-19-23-34-42-50-58-75(80)92-71(62-86-73(78)56-48-40-32-22-18-15-11-13-17-21-29-37-45-53-67(3)4)64-90-94(82,83)88-60-70(77)61-89-95(84,85)91-65-72(93-76(81)59-51-43-35-27-25-31-39-47-55-69(7)8)63-87-74(79)57-49-41-33-26-24-30-38-46-54-68(5)6/h66-72,77H,9-65H2,1-8H3,(H,82,83)(H,84,85)/t70?,71-,72-/m1/s1. The predicted molar refractivity (Wildman–Crippen MR) is 386 cm³/mol. The molecular formula is C76H148O17P2. The van der Waals surface area contributed by atoms with E-state index in [-0.39, 0.29) is 25.7 Å². The van der Waals surface area contributed by atoms with Crippen LogP contribution in [-0.2, 0) is 65.4 Å². The lowest BCUT2D eigenvalue weighted by Gasteiger charge is -2.21. The van der Waals surface area contributed by atoms with Gasteiger partial charge in [0.05, 0.1) is 26.4 Å². The molecule has 3 unspecified atom stereocenters. The number of carbonyl (C=O) groups excluding carboxylic acids is 4. The minimum absolute atomic E-state index is 0.104. The van der Waals surface area contributed by atoms with E-state index in [4.69, 9.17) is 37.0 Å². The maximum Gasteiger partial charge on any atom is 0.472 e. The zero-order valence-electron chi connectivity index (χ0n) is 62.3. The minimum Gasteiger partial charge on any atom is -0.462 e. The summed E-state index contributed by atoms with van der Waals surface area (Å²) in [6, 6.07) is 0. The van der Waals surface area contributed by atoms with Gasteiger partial charge in [-0.3, -0.25) is 37.3 Å². The van der Waals surface area contributed by atoms with E-state index in [0.717, 1.165) is 114 Å². The Balaban J connectivity index is 5.25. The third-order valence-corrected chi connectivity index (χ3v) is 19.5. The maximum absolute atomic E-state index is 13.1. The summed E-state index contributed by atoms with van der Waals surface area (Å²) < 4.78 is 68.5. The molecule has 0 aromatic rings. The van der Waals surface area contributed by atoms with Crippen LogP contribution in [0, 0.1) is 23.7 Å². The summed E-state index contributed by atoms with van der Waals surface area (Å²) in [4.78, 5) is 72.8. The SMILES string of the molecule is CC(C)CCCCCCCCCCCCCCCCC(=O)O[C@H](COC(=O)CCCCCCCCCCCCCCCC(C)C)COP(=O)(O)OCC(O)COP(=O)(O)OC[C@@H](COC(=O)CCCCCCCCCCC(C)C)OC(=O)CCCCCCCCCCC(C)C. The van der Waals surface area contributed by atoms with Crippen molar-refractivity contribution >= 4 is 39.5 Å². The van der Waals surface area contributed by atoms with E-state index < -0.39 is 97.5 Å². The molecule has 564 valence electrons. The largest absolute Gasteiger partial charge is 0.472 e. The summed E-state index contributed by atoms with van der Waals surface area (Å²) in [6.45, 7) is 14.2. The van der Waals surface area contributed by atoms with E-state index >= 15 is 0 Å². The quantitative estimate of drug-likeness (QED) is 0.0222. The lowest BCUT2D eigenvalue weighted by Crippen LogP contribution is -2.30. The second-order valence-electron chi connectivity index (χ2n) is 29.3. The monoisotopic (exact) mass is 1400 g/mol. The Hall–Kier alpha value is -1.94. The highest BCUT2D eigenvalue weighted by atomic mass is 31.2. The third-order valence-electron chi connectivity index (χ3n) is 17.6. The molecule has 0 spiro atoms. The van der Waals surface area contributed by atoms with Gasteiger partial charge >= 0.3 is 39.5 Å².